The highest BCUT2D eigenvalue weighted by atomic mass is 35.5. The van der Waals surface area contributed by atoms with E-state index in [0.717, 1.165) is 42.7 Å². The number of carbonyl (C=O) groups is 1. The Morgan fingerprint density at radius 1 is 1.18 bits per heavy atom. The number of anilines is 1. The molecule has 0 radical (unpaired) electrons. The first-order chi connectivity index (χ1) is 16.4. The van der Waals surface area contributed by atoms with Gasteiger partial charge in [0.05, 0.1) is 4.92 Å². The molecule has 1 fully saturated rings. The Morgan fingerprint density at radius 3 is 2.62 bits per heavy atom. The molecular formula is C22H22ClFN6O3S. The lowest BCUT2D eigenvalue weighted by Gasteiger charge is -2.34. The van der Waals surface area contributed by atoms with Gasteiger partial charge in [0.15, 0.2) is 0 Å². The Hall–Kier alpha value is -3.15. The molecule has 1 aromatic heterocycles. The normalized spacial score (nSPS) is 14.2. The van der Waals surface area contributed by atoms with Crippen molar-refractivity contribution in [1.29, 1.82) is 0 Å². The third-order valence-electron chi connectivity index (χ3n) is 5.49. The van der Waals surface area contributed by atoms with E-state index in [0.29, 0.717) is 19.5 Å². The maximum atomic E-state index is 13.1. The lowest BCUT2D eigenvalue weighted by molar-refractivity contribution is -0.384. The van der Waals surface area contributed by atoms with Crippen LogP contribution >= 0.6 is 23.1 Å². The molecule has 0 atom stereocenters. The van der Waals surface area contributed by atoms with Crippen molar-refractivity contribution in [3.05, 3.63) is 80.4 Å². The second-order valence-electron chi connectivity index (χ2n) is 7.80. The monoisotopic (exact) mass is 504 g/mol. The molecule has 9 nitrogen and oxygen atoms in total. The fraction of sp³-hybridized carbons (Fsp3) is 0.318. The summed E-state index contributed by atoms with van der Waals surface area (Å²) in [6.45, 7) is 4.31. The van der Waals surface area contributed by atoms with Crippen molar-refractivity contribution >= 4 is 39.9 Å². The summed E-state index contributed by atoms with van der Waals surface area (Å²) in [5, 5.41) is 14.7. The SMILES string of the molecule is O=C(NCCN1CCN(c2nc(Cc3ccc(F)cc3)ns2)CC1)c1ccc(Cl)c([N+](=O)[O-])c1. The molecule has 0 aliphatic carbocycles. The number of amides is 1. The van der Waals surface area contributed by atoms with Gasteiger partial charge in [-0.2, -0.15) is 4.37 Å². The highest BCUT2D eigenvalue weighted by molar-refractivity contribution is 7.09. The van der Waals surface area contributed by atoms with Crippen LogP contribution in [-0.2, 0) is 6.42 Å². The van der Waals surface area contributed by atoms with Crippen molar-refractivity contribution in [3.8, 4) is 0 Å². The van der Waals surface area contributed by atoms with Crippen LogP contribution in [0.15, 0.2) is 42.5 Å². The van der Waals surface area contributed by atoms with E-state index in [1.54, 1.807) is 12.1 Å². The highest BCUT2D eigenvalue weighted by Crippen LogP contribution is 2.25. The smallest absolute Gasteiger partial charge is 0.288 e. The number of hydrogen-bond donors (Lipinski definition) is 1. The van der Waals surface area contributed by atoms with Crippen molar-refractivity contribution in [2.75, 3.05) is 44.2 Å². The van der Waals surface area contributed by atoms with Crippen LogP contribution in [0.2, 0.25) is 5.02 Å². The summed E-state index contributed by atoms with van der Waals surface area (Å²) in [5.74, 6) is 0.0854. The van der Waals surface area contributed by atoms with Crippen LogP contribution in [-0.4, -0.2) is 64.4 Å². The zero-order valence-corrected chi connectivity index (χ0v) is 19.7. The summed E-state index contributed by atoms with van der Waals surface area (Å²) in [4.78, 5) is 31.8. The Morgan fingerprint density at radius 2 is 1.91 bits per heavy atom. The molecule has 1 N–H and O–H groups in total. The Bertz CT molecular complexity index is 1170. The van der Waals surface area contributed by atoms with Crippen LogP contribution < -0.4 is 10.2 Å². The van der Waals surface area contributed by atoms with Crippen molar-refractivity contribution in [3.63, 3.8) is 0 Å². The predicted octanol–water partition coefficient (Wildman–Crippen LogP) is 3.38. The minimum atomic E-state index is -0.609. The number of rotatable bonds is 8. The molecule has 1 saturated heterocycles. The first kappa shape index (κ1) is 24.0. The number of piperazine rings is 1. The molecule has 178 valence electrons. The summed E-state index contributed by atoms with van der Waals surface area (Å²) >= 11 is 7.16. The number of aromatic nitrogens is 2. The van der Waals surface area contributed by atoms with E-state index < -0.39 is 4.92 Å². The molecule has 12 heteroatoms. The highest BCUT2D eigenvalue weighted by Gasteiger charge is 2.21. The molecule has 2 aromatic carbocycles. The summed E-state index contributed by atoms with van der Waals surface area (Å²) in [6, 6.07) is 10.3. The maximum Gasteiger partial charge on any atom is 0.288 e. The van der Waals surface area contributed by atoms with E-state index in [4.69, 9.17) is 11.6 Å². The van der Waals surface area contributed by atoms with E-state index in [1.807, 2.05) is 0 Å². The van der Waals surface area contributed by atoms with E-state index in [1.165, 1.54) is 41.9 Å². The van der Waals surface area contributed by atoms with Gasteiger partial charge in [-0.15, -0.1) is 0 Å². The molecule has 0 saturated carbocycles. The minimum absolute atomic E-state index is 0.00238. The molecule has 1 amide bonds. The van der Waals surface area contributed by atoms with E-state index >= 15 is 0 Å². The Labute approximate surface area is 204 Å². The van der Waals surface area contributed by atoms with Gasteiger partial charge in [0, 0.05) is 68.9 Å². The van der Waals surface area contributed by atoms with Gasteiger partial charge in [-0.05, 0) is 29.8 Å². The van der Waals surface area contributed by atoms with Crippen LogP contribution in [0.3, 0.4) is 0 Å². The van der Waals surface area contributed by atoms with Gasteiger partial charge in [-0.3, -0.25) is 19.8 Å². The van der Waals surface area contributed by atoms with Gasteiger partial charge in [-0.25, -0.2) is 9.37 Å². The zero-order chi connectivity index (χ0) is 24.1. The molecule has 0 bridgehead atoms. The van der Waals surface area contributed by atoms with Crippen LogP contribution in [0.4, 0.5) is 15.2 Å². The number of benzene rings is 2. The van der Waals surface area contributed by atoms with Crippen LogP contribution in [0.5, 0.6) is 0 Å². The average Bonchev–Trinajstić information content (AvgIpc) is 3.29. The second kappa shape index (κ2) is 10.9. The largest absolute Gasteiger partial charge is 0.351 e. The lowest BCUT2D eigenvalue weighted by Crippen LogP contribution is -2.48. The minimum Gasteiger partial charge on any atom is -0.351 e. The summed E-state index contributed by atoms with van der Waals surface area (Å²) in [6.07, 6.45) is 0.563. The number of nitro benzene ring substituents is 1. The van der Waals surface area contributed by atoms with E-state index in [2.05, 4.69) is 24.5 Å². The van der Waals surface area contributed by atoms with Crippen LogP contribution in [0.1, 0.15) is 21.7 Å². The quantitative estimate of drug-likeness (QED) is 0.370. The Kier molecular flexibility index (Phi) is 7.66. The predicted molar refractivity (Wildman–Crippen MR) is 128 cm³/mol. The van der Waals surface area contributed by atoms with Gasteiger partial charge >= 0.3 is 0 Å². The first-order valence-electron chi connectivity index (χ1n) is 10.7. The topological polar surface area (TPSA) is 104 Å². The standard InChI is InChI=1S/C22H22ClFN6O3S/c23-18-6-3-16(14-19(18)30(32)33)21(31)25-7-8-28-9-11-29(12-10-28)22-26-20(27-34-22)13-15-1-4-17(24)5-2-15/h1-6,14H,7-13H2,(H,25,31). The van der Waals surface area contributed by atoms with Crippen molar-refractivity contribution in [2.45, 2.75) is 6.42 Å². The average molecular weight is 505 g/mol. The van der Waals surface area contributed by atoms with Gasteiger partial charge < -0.3 is 10.2 Å². The summed E-state index contributed by atoms with van der Waals surface area (Å²) in [7, 11) is 0. The number of nitro groups is 1. The number of hydrogen-bond acceptors (Lipinski definition) is 8. The van der Waals surface area contributed by atoms with Gasteiger partial charge in [0.1, 0.15) is 16.7 Å². The zero-order valence-electron chi connectivity index (χ0n) is 18.1. The first-order valence-corrected chi connectivity index (χ1v) is 11.8. The van der Waals surface area contributed by atoms with Crippen molar-refractivity contribution in [2.24, 2.45) is 0 Å². The second-order valence-corrected chi connectivity index (χ2v) is 8.94. The fourth-order valence-electron chi connectivity index (χ4n) is 3.62. The molecule has 1 aliphatic rings. The molecule has 3 aromatic rings. The van der Waals surface area contributed by atoms with Crippen LogP contribution in [0.25, 0.3) is 0 Å². The molecule has 1 aliphatic heterocycles. The summed E-state index contributed by atoms with van der Waals surface area (Å²) < 4.78 is 17.5. The van der Waals surface area contributed by atoms with Crippen molar-refractivity contribution < 1.29 is 14.1 Å². The number of nitrogens with zero attached hydrogens (tertiary/aromatic N) is 5. The molecular weight excluding hydrogens is 483 g/mol. The molecule has 0 spiro atoms. The lowest BCUT2D eigenvalue weighted by atomic mass is 10.1. The van der Waals surface area contributed by atoms with Crippen LogP contribution in [0, 0.1) is 15.9 Å². The summed E-state index contributed by atoms with van der Waals surface area (Å²) in [5.41, 5.74) is 0.877. The van der Waals surface area contributed by atoms with Gasteiger partial charge in [0.2, 0.25) is 5.13 Å². The Balaban J connectivity index is 1.21. The molecule has 4 rings (SSSR count). The van der Waals surface area contributed by atoms with Gasteiger partial charge in [-0.1, -0.05) is 23.7 Å². The number of carbonyl (C=O) groups excluding carboxylic acids is 1. The molecule has 34 heavy (non-hydrogen) atoms. The van der Waals surface area contributed by atoms with E-state index in [-0.39, 0.29) is 28.0 Å². The third-order valence-corrected chi connectivity index (χ3v) is 6.63. The number of nitrogens with one attached hydrogen (secondary N) is 1. The molecule has 2 heterocycles. The van der Waals surface area contributed by atoms with Gasteiger partial charge in [0.25, 0.3) is 11.6 Å². The third kappa shape index (κ3) is 6.04. The van der Waals surface area contributed by atoms with Crippen molar-refractivity contribution in [1.82, 2.24) is 19.6 Å². The number of halogens is 2. The molecule has 0 unspecified atom stereocenters. The van der Waals surface area contributed by atoms with E-state index in [9.17, 15) is 19.3 Å². The fourth-order valence-corrected chi connectivity index (χ4v) is 4.54. The maximum absolute atomic E-state index is 13.1.